The van der Waals surface area contributed by atoms with E-state index in [0.29, 0.717) is 6.04 Å². The molecule has 2 N–H and O–H groups in total. The number of benzene rings is 1. The van der Waals surface area contributed by atoms with Gasteiger partial charge in [-0.25, -0.2) is 0 Å². The summed E-state index contributed by atoms with van der Waals surface area (Å²) >= 11 is 0. The van der Waals surface area contributed by atoms with Crippen molar-refractivity contribution in [1.29, 1.82) is 0 Å². The molecule has 1 saturated carbocycles. The molecule has 0 saturated heterocycles. The minimum Gasteiger partial charge on any atom is -0.327 e. The van der Waals surface area contributed by atoms with Crippen LogP contribution in [0.1, 0.15) is 68.4 Å². The third-order valence-electron chi connectivity index (χ3n) is 5.31. The highest BCUT2D eigenvalue weighted by Gasteiger charge is 2.26. The number of rotatable bonds is 3. The zero-order valence-corrected chi connectivity index (χ0v) is 12.0. The average Bonchev–Trinajstić information content (AvgIpc) is 2.48. The molecule has 104 valence electrons. The standard InChI is InChI=1S/C18H27N/c19-18(15-8-2-1-3-9-15)13-16-11-6-10-14-7-4-5-12-17(14)16/h4-5,7,12,15-16,18H,1-3,6,8-11,13,19H2. The Morgan fingerprint density at radius 1 is 1.00 bits per heavy atom. The maximum atomic E-state index is 6.54. The van der Waals surface area contributed by atoms with Gasteiger partial charge in [0.15, 0.2) is 0 Å². The van der Waals surface area contributed by atoms with Crippen LogP contribution in [-0.4, -0.2) is 6.04 Å². The minimum atomic E-state index is 0.427. The van der Waals surface area contributed by atoms with Crippen molar-refractivity contribution in [2.75, 3.05) is 0 Å². The lowest BCUT2D eigenvalue weighted by molar-refractivity contribution is 0.279. The van der Waals surface area contributed by atoms with Gasteiger partial charge in [0, 0.05) is 6.04 Å². The third-order valence-corrected chi connectivity index (χ3v) is 5.31. The van der Waals surface area contributed by atoms with Crippen molar-refractivity contribution >= 4 is 0 Å². The van der Waals surface area contributed by atoms with Crippen molar-refractivity contribution in [2.45, 2.75) is 69.7 Å². The minimum absolute atomic E-state index is 0.427. The lowest BCUT2D eigenvalue weighted by Gasteiger charge is -2.32. The Kier molecular flexibility index (Phi) is 4.22. The fourth-order valence-electron chi connectivity index (χ4n) is 4.18. The molecule has 1 heteroatoms. The molecule has 0 amide bonds. The Hall–Kier alpha value is -0.820. The first-order chi connectivity index (χ1) is 9.34. The lowest BCUT2D eigenvalue weighted by atomic mass is 9.75. The van der Waals surface area contributed by atoms with E-state index in [-0.39, 0.29) is 0 Å². The Morgan fingerprint density at radius 3 is 2.63 bits per heavy atom. The van der Waals surface area contributed by atoms with Gasteiger partial charge in [-0.3, -0.25) is 0 Å². The molecule has 1 fully saturated rings. The van der Waals surface area contributed by atoms with Gasteiger partial charge in [-0.2, -0.15) is 0 Å². The zero-order chi connectivity index (χ0) is 13.1. The van der Waals surface area contributed by atoms with E-state index in [1.807, 2.05) is 0 Å². The molecule has 0 aromatic heterocycles. The fourth-order valence-corrected chi connectivity index (χ4v) is 4.18. The molecule has 1 aromatic rings. The highest BCUT2D eigenvalue weighted by atomic mass is 14.7. The second kappa shape index (κ2) is 6.09. The smallest absolute Gasteiger partial charge is 0.00729 e. The summed E-state index contributed by atoms with van der Waals surface area (Å²) in [5, 5.41) is 0. The van der Waals surface area contributed by atoms with Crippen LogP contribution in [0.25, 0.3) is 0 Å². The second-order valence-electron chi connectivity index (χ2n) is 6.59. The van der Waals surface area contributed by atoms with Gasteiger partial charge in [0.05, 0.1) is 0 Å². The van der Waals surface area contributed by atoms with Crippen molar-refractivity contribution in [3.8, 4) is 0 Å². The predicted octanol–water partition coefficient (Wildman–Crippen LogP) is 4.40. The number of nitrogens with two attached hydrogens (primary N) is 1. The number of fused-ring (bicyclic) bond motifs is 1. The maximum absolute atomic E-state index is 6.54. The van der Waals surface area contributed by atoms with Gasteiger partial charge in [-0.15, -0.1) is 0 Å². The molecular formula is C18H27N. The largest absolute Gasteiger partial charge is 0.327 e. The van der Waals surface area contributed by atoms with Crippen LogP contribution in [0.3, 0.4) is 0 Å². The summed E-state index contributed by atoms with van der Waals surface area (Å²) in [6.45, 7) is 0. The van der Waals surface area contributed by atoms with Gasteiger partial charge in [-0.05, 0) is 61.5 Å². The molecule has 0 aliphatic heterocycles. The van der Waals surface area contributed by atoms with Gasteiger partial charge in [0.25, 0.3) is 0 Å². The molecular weight excluding hydrogens is 230 g/mol. The predicted molar refractivity (Wildman–Crippen MR) is 81.3 cm³/mol. The number of hydrogen-bond acceptors (Lipinski definition) is 1. The van der Waals surface area contributed by atoms with Gasteiger partial charge in [0.1, 0.15) is 0 Å². The summed E-state index contributed by atoms with van der Waals surface area (Å²) in [5.74, 6) is 1.52. The first kappa shape index (κ1) is 13.2. The van der Waals surface area contributed by atoms with E-state index < -0.39 is 0 Å². The summed E-state index contributed by atoms with van der Waals surface area (Å²) in [4.78, 5) is 0. The quantitative estimate of drug-likeness (QED) is 0.853. The number of aryl methyl sites for hydroxylation is 1. The Bertz CT molecular complexity index is 406. The Morgan fingerprint density at radius 2 is 1.79 bits per heavy atom. The van der Waals surface area contributed by atoms with Gasteiger partial charge >= 0.3 is 0 Å². The molecule has 2 aliphatic rings. The lowest BCUT2D eigenvalue weighted by Crippen LogP contribution is -2.33. The Balaban J connectivity index is 1.66. The van der Waals surface area contributed by atoms with Crippen LogP contribution in [0.5, 0.6) is 0 Å². The second-order valence-corrected chi connectivity index (χ2v) is 6.59. The first-order valence-electron chi connectivity index (χ1n) is 8.18. The molecule has 2 atom stereocenters. The summed E-state index contributed by atoms with van der Waals surface area (Å²) in [6.07, 6.45) is 12.1. The van der Waals surface area contributed by atoms with Crippen molar-refractivity contribution in [1.82, 2.24) is 0 Å². The van der Waals surface area contributed by atoms with Crippen molar-refractivity contribution in [2.24, 2.45) is 11.7 Å². The molecule has 2 aliphatic carbocycles. The fraction of sp³-hybridized carbons (Fsp3) is 0.667. The van der Waals surface area contributed by atoms with Crippen LogP contribution in [0.2, 0.25) is 0 Å². The summed E-state index contributed by atoms with van der Waals surface area (Å²) in [5.41, 5.74) is 9.71. The van der Waals surface area contributed by atoms with E-state index in [1.165, 1.54) is 57.8 Å². The molecule has 0 heterocycles. The molecule has 3 rings (SSSR count). The molecule has 0 bridgehead atoms. The van der Waals surface area contributed by atoms with E-state index in [4.69, 9.17) is 5.73 Å². The normalized spacial score (nSPS) is 25.8. The summed E-state index contributed by atoms with van der Waals surface area (Å²) in [7, 11) is 0. The monoisotopic (exact) mass is 257 g/mol. The molecule has 0 spiro atoms. The molecule has 2 unspecified atom stereocenters. The van der Waals surface area contributed by atoms with Crippen LogP contribution < -0.4 is 5.73 Å². The molecule has 19 heavy (non-hydrogen) atoms. The van der Waals surface area contributed by atoms with E-state index in [1.54, 1.807) is 11.1 Å². The SMILES string of the molecule is NC(CC1CCCc2ccccc21)C1CCCCC1. The third kappa shape index (κ3) is 3.02. The van der Waals surface area contributed by atoms with Crippen LogP contribution in [0.15, 0.2) is 24.3 Å². The highest BCUT2D eigenvalue weighted by Crippen LogP contribution is 2.37. The van der Waals surface area contributed by atoms with Crippen LogP contribution in [-0.2, 0) is 6.42 Å². The zero-order valence-electron chi connectivity index (χ0n) is 12.0. The molecule has 1 nitrogen and oxygen atoms in total. The van der Waals surface area contributed by atoms with Crippen molar-refractivity contribution in [3.05, 3.63) is 35.4 Å². The maximum Gasteiger partial charge on any atom is 0.00729 e. The van der Waals surface area contributed by atoms with Gasteiger partial charge < -0.3 is 5.73 Å². The van der Waals surface area contributed by atoms with Crippen molar-refractivity contribution < 1.29 is 0 Å². The van der Waals surface area contributed by atoms with E-state index in [2.05, 4.69) is 24.3 Å². The summed E-state index contributed by atoms with van der Waals surface area (Å²) in [6, 6.07) is 9.46. The molecule has 0 radical (unpaired) electrons. The summed E-state index contributed by atoms with van der Waals surface area (Å²) < 4.78 is 0. The highest BCUT2D eigenvalue weighted by molar-refractivity contribution is 5.32. The van der Waals surface area contributed by atoms with Crippen LogP contribution in [0.4, 0.5) is 0 Å². The van der Waals surface area contributed by atoms with Crippen LogP contribution >= 0.6 is 0 Å². The van der Waals surface area contributed by atoms with Crippen molar-refractivity contribution in [3.63, 3.8) is 0 Å². The van der Waals surface area contributed by atoms with Crippen LogP contribution in [0, 0.1) is 5.92 Å². The number of hydrogen-bond donors (Lipinski definition) is 1. The van der Waals surface area contributed by atoms with E-state index in [0.717, 1.165) is 11.8 Å². The van der Waals surface area contributed by atoms with Gasteiger partial charge in [-0.1, -0.05) is 43.5 Å². The van der Waals surface area contributed by atoms with E-state index >= 15 is 0 Å². The average molecular weight is 257 g/mol. The topological polar surface area (TPSA) is 26.0 Å². The van der Waals surface area contributed by atoms with E-state index in [9.17, 15) is 0 Å². The Labute approximate surface area is 117 Å². The molecule has 1 aromatic carbocycles. The van der Waals surface area contributed by atoms with Gasteiger partial charge in [0.2, 0.25) is 0 Å². The first-order valence-corrected chi connectivity index (χ1v) is 8.18.